The van der Waals surface area contributed by atoms with Gasteiger partial charge in [-0.25, -0.2) is 4.39 Å². The zero-order valence-corrected chi connectivity index (χ0v) is 12.3. The highest BCUT2D eigenvalue weighted by molar-refractivity contribution is 5.67. The summed E-state index contributed by atoms with van der Waals surface area (Å²) < 4.78 is 13.6. The number of aliphatic carboxylic acids is 1. The summed E-state index contributed by atoms with van der Waals surface area (Å²) in [7, 11) is 0. The van der Waals surface area contributed by atoms with Gasteiger partial charge in [0.25, 0.3) is 0 Å². The molecule has 3 nitrogen and oxygen atoms in total. The number of hydrogen-bond donors (Lipinski definition) is 2. The molecule has 1 atom stereocenters. The molecule has 2 aromatic rings. The van der Waals surface area contributed by atoms with Gasteiger partial charge in [0.15, 0.2) is 0 Å². The van der Waals surface area contributed by atoms with Gasteiger partial charge in [0.1, 0.15) is 5.82 Å². The first-order chi connectivity index (χ1) is 10.6. The Hall–Kier alpha value is -2.20. The normalized spacial score (nSPS) is 12.0. The van der Waals surface area contributed by atoms with E-state index in [0.29, 0.717) is 24.9 Å². The maximum atomic E-state index is 13.6. The Morgan fingerprint density at radius 3 is 2.45 bits per heavy atom. The summed E-state index contributed by atoms with van der Waals surface area (Å²) in [6, 6.07) is 16.2. The summed E-state index contributed by atoms with van der Waals surface area (Å²) in [6.07, 6.45) is 1.13. The van der Waals surface area contributed by atoms with Crippen molar-refractivity contribution >= 4 is 5.97 Å². The van der Waals surface area contributed by atoms with Crippen molar-refractivity contribution in [3.8, 4) is 0 Å². The van der Waals surface area contributed by atoms with Crippen LogP contribution >= 0.6 is 0 Å². The van der Waals surface area contributed by atoms with Crippen LogP contribution in [-0.4, -0.2) is 17.1 Å². The highest BCUT2D eigenvalue weighted by Crippen LogP contribution is 2.12. The van der Waals surface area contributed by atoms with Gasteiger partial charge >= 0.3 is 5.97 Å². The lowest BCUT2D eigenvalue weighted by Gasteiger charge is -2.17. The van der Waals surface area contributed by atoms with Crippen molar-refractivity contribution in [2.24, 2.45) is 0 Å². The number of nitrogens with one attached hydrogen (secondary N) is 1. The Kier molecular flexibility index (Phi) is 6.10. The van der Waals surface area contributed by atoms with Crippen LogP contribution in [0, 0.1) is 5.82 Å². The third-order valence-corrected chi connectivity index (χ3v) is 3.58. The quantitative estimate of drug-likeness (QED) is 0.786. The summed E-state index contributed by atoms with van der Waals surface area (Å²) in [4.78, 5) is 11.0. The summed E-state index contributed by atoms with van der Waals surface area (Å²) >= 11 is 0. The molecule has 0 saturated carbocycles. The highest BCUT2D eigenvalue weighted by atomic mass is 19.1. The van der Waals surface area contributed by atoms with E-state index < -0.39 is 5.97 Å². The average Bonchev–Trinajstić information content (AvgIpc) is 2.52. The summed E-state index contributed by atoms with van der Waals surface area (Å²) in [6.45, 7) is 0.607. The lowest BCUT2D eigenvalue weighted by molar-refractivity contribution is -0.137. The molecule has 0 aliphatic carbocycles. The third kappa shape index (κ3) is 5.30. The molecule has 0 amide bonds. The predicted molar refractivity (Wildman–Crippen MR) is 84.0 cm³/mol. The van der Waals surface area contributed by atoms with Crippen molar-refractivity contribution < 1.29 is 14.3 Å². The Bertz CT molecular complexity index is 601. The van der Waals surface area contributed by atoms with Gasteiger partial charge in [0.05, 0.1) is 6.42 Å². The van der Waals surface area contributed by atoms with Crippen LogP contribution in [0.5, 0.6) is 0 Å². The second-order valence-electron chi connectivity index (χ2n) is 5.29. The van der Waals surface area contributed by atoms with Crippen molar-refractivity contribution in [1.82, 2.24) is 5.32 Å². The topological polar surface area (TPSA) is 49.3 Å². The third-order valence-electron chi connectivity index (χ3n) is 3.58. The molecule has 0 aliphatic rings. The number of halogens is 1. The maximum Gasteiger partial charge on any atom is 0.304 e. The first-order valence-corrected chi connectivity index (χ1v) is 7.37. The van der Waals surface area contributed by atoms with Crippen molar-refractivity contribution in [2.45, 2.75) is 31.8 Å². The summed E-state index contributed by atoms with van der Waals surface area (Å²) in [5.74, 6) is -1.08. The highest BCUT2D eigenvalue weighted by Gasteiger charge is 2.14. The van der Waals surface area contributed by atoms with E-state index in [-0.39, 0.29) is 18.3 Å². The molecule has 4 heteroatoms. The van der Waals surface area contributed by atoms with E-state index in [1.807, 2.05) is 30.3 Å². The second-order valence-corrected chi connectivity index (χ2v) is 5.29. The van der Waals surface area contributed by atoms with Gasteiger partial charge in [0.2, 0.25) is 0 Å². The zero-order valence-electron chi connectivity index (χ0n) is 12.3. The molecule has 0 saturated heterocycles. The molecule has 2 aromatic carbocycles. The fourth-order valence-corrected chi connectivity index (χ4v) is 2.38. The van der Waals surface area contributed by atoms with Crippen LogP contribution in [0.1, 0.15) is 24.0 Å². The lowest BCUT2D eigenvalue weighted by Crippen LogP contribution is -2.31. The minimum Gasteiger partial charge on any atom is -0.481 e. The monoisotopic (exact) mass is 301 g/mol. The SMILES string of the molecule is O=C(O)C[C@H](CCc1ccccc1F)NCc1ccccc1. The number of carbonyl (C=O) groups is 1. The lowest BCUT2D eigenvalue weighted by atomic mass is 10.0. The Balaban J connectivity index is 1.91. The molecule has 0 aliphatic heterocycles. The number of rotatable bonds is 8. The minimum atomic E-state index is -0.848. The van der Waals surface area contributed by atoms with E-state index in [1.54, 1.807) is 18.2 Å². The van der Waals surface area contributed by atoms with Crippen LogP contribution in [-0.2, 0) is 17.8 Å². The van der Waals surface area contributed by atoms with Gasteiger partial charge in [-0.2, -0.15) is 0 Å². The van der Waals surface area contributed by atoms with Crippen molar-refractivity contribution in [2.75, 3.05) is 0 Å². The molecule has 0 spiro atoms. The van der Waals surface area contributed by atoms with Crippen molar-refractivity contribution in [3.05, 3.63) is 71.5 Å². The molecule has 0 bridgehead atoms. The van der Waals surface area contributed by atoms with Gasteiger partial charge in [-0.3, -0.25) is 4.79 Å². The van der Waals surface area contributed by atoms with Crippen LogP contribution in [0.3, 0.4) is 0 Å². The number of hydrogen-bond acceptors (Lipinski definition) is 2. The van der Waals surface area contributed by atoms with Gasteiger partial charge < -0.3 is 10.4 Å². The number of carboxylic acid groups (broad SMARTS) is 1. The first kappa shape index (κ1) is 16.2. The summed E-state index contributed by atoms with van der Waals surface area (Å²) in [5, 5.41) is 12.3. The molecule has 0 unspecified atom stereocenters. The Morgan fingerprint density at radius 1 is 1.09 bits per heavy atom. The second kappa shape index (κ2) is 8.29. The average molecular weight is 301 g/mol. The predicted octanol–water partition coefficient (Wildman–Crippen LogP) is 3.39. The smallest absolute Gasteiger partial charge is 0.304 e. The van der Waals surface area contributed by atoms with E-state index in [1.165, 1.54) is 6.07 Å². The van der Waals surface area contributed by atoms with Crippen LogP contribution in [0.4, 0.5) is 4.39 Å². The van der Waals surface area contributed by atoms with Gasteiger partial charge in [-0.1, -0.05) is 48.5 Å². The number of carboxylic acids is 1. The van der Waals surface area contributed by atoms with Crippen molar-refractivity contribution in [3.63, 3.8) is 0 Å². The zero-order chi connectivity index (χ0) is 15.8. The van der Waals surface area contributed by atoms with Crippen molar-refractivity contribution in [1.29, 1.82) is 0 Å². The minimum absolute atomic E-state index is 0.0291. The molecule has 2 N–H and O–H groups in total. The molecule has 0 fully saturated rings. The van der Waals surface area contributed by atoms with E-state index >= 15 is 0 Å². The van der Waals surface area contributed by atoms with E-state index in [9.17, 15) is 9.18 Å². The number of benzene rings is 2. The van der Waals surface area contributed by atoms with Gasteiger partial charge in [0, 0.05) is 12.6 Å². The summed E-state index contributed by atoms with van der Waals surface area (Å²) in [5.41, 5.74) is 1.73. The van der Waals surface area contributed by atoms with E-state index in [4.69, 9.17) is 5.11 Å². The standard InChI is InChI=1S/C18H20FNO2/c19-17-9-5-4-8-15(17)10-11-16(12-18(21)22)20-13-14-6-2-1-3-7-14/h1-9,16,20H,10-13H2,(H,21,22)/t16-/m0/s1. The molecule has 116 valence electrons. The van der Waals surface area contributed by atoms with E-state index in [0.717, 1.165) is 5.56 Å². The first-order valence-electron chi connectivity index (χ1n) is 7.37. The maximum absolute atomic E-state index is 13.6. The fourth-order valence-electron chi connectivity index (χ4n) is 2.38. The molecule has 0 radical (unpaired) electrons. The van der Waals surface area contributed by atoms with Gasteiger partial charge in [-0.15, -0.1) is 0 Å². The molecule has 2 rings (SSSR count). The Morgan fingerprint density at radius 2 is 1.77 bits per heavy atom. The van der Waals surface area contributed by atoms with Gasteiger partial charge in [-0.05, 0) is 30.0 Å². The molecule has 0 heterocycles. The van der Waals surface area contributed by atoms with Crippen LogP contribution in [0.25, 0.3) is 0 Å². The van der Waals surface area contributed by atoms with Crippen LogP contribution in [0.15, 0.2) is 54.6 Å². The molecule has 0 aromatic heterocycles. The molecule has 22 heavy (non-hydrogen) atoms. The van der Waals surface area contributed by atoms with Crippen LogP contribution in [0.2, 0.25) is 0 Å². The van der Waals surface area contributed by atoms with E-state index in [2.05, 4.69) is 5.32 Å². The molecular weight excluding hydrogens is 281 g/mol. The number of aryl methyl sites for hydroxylation is 1. The molecular formula is C18H20FNO2. The largest absolute Gasteiger partial charge is 0.481 e. The van der Waals surface area contributed by atoms with Crippen LogP contribution < -0.4 is 5.32 Å². The Labute approximate surface area is 129 Å². The fraction of sp³-hybridized carbons (Fsp3) is 0.278.